The average molecular weight is 374 g/mol. The van der Waals surface area contributed by atoms with Crippen LogP contribution in [0.5, 0.6) is 5.75 Å². The highest BCUT2D eigenvalue weighted by Gasteiger charge is 2.15. The number of pyridine rings is 1. The normalized spacial score (nSPS) is 10.6. The first kappa shape index (κ1) is 18.7. The molecule has 132 valence electrons. The molecule has 0 saturated carbocycles. The number of ether oxygens (including phenoxy) is 1. The van der Waals surface area contributed by atoms with Crippen molar-refractivity contribution in [2.45, 2.75) is 0 Å². The third-order valence-corrected chi connectivity index (χ3v) is 3.33. The van der Waals surface area contributed by atoms with Gasteiger partial charge >= 0.3 is 0 Å². The Labute approximate surface area is 153 Å². The number of anilines is 2. The van der Waals surface area contributed by atoms with E-state index in [1.807, 2.05) is 0 Å². The molecule has 1 aromatic heterocycles. The van der Waals surface area contributed by atoms with Crippen molar-refractivity contribution in [3.05, 3.63) is 63.4 Å². The van der Waals surface area contributed by atoms with Gasteiger partial charge in [0.15, 0.2) is 0 Å². The van der Waals surface area contributed by atoms with Crippen molar-refractivity contribution in [2.24, 2.45) is 0 Å². The van der Waals surface area contributed by atoms with Crippen LogP contribution in [-0.2, 0) is 4.79 Å². The number of nitrogens with one attached hydrogen (secondary N) is 2. The van der Waals surface area contributed by atoms with Crippen molar-refractivity contribution in [1.29, 1.82) is 5.26 Å². The number of hydrogen-bond donors (Lipinski definition) is 2. The highest BCUT2D eigenvalue weighted by atomic mass is 35.5. The van der Waals surface area contributed by atoms with E-state index >= 15 is 0 Å². The van der Waals surface area contributed by atoms with Gasteiger partial charge < -0.3 is 15.4 Å². The number of amides is 1. The first-order valence-corrected chi connectivity index (χ1v) is 7.44. The minimum Gasteiger partial charge on any atom is -0.494 e. The van der Waals surface area contributed by atoms with Crippen molar-refractivity contribution >= 4 is 34.7 Å². The number of rotatable bonds is 6. The first-order valence-electron chi connectivity index (χ1n) is 7.06. The number of nitriles is 1. The summed E-state index contributed by atoms with van der Waals surface area (Å²) >= 11 is 5.83. The second kappa shape index (κ2) is 8.46. The van der Waals surface area contributed by atoms with Crippen LogP contribution < -0.4 is 15.4 Å². The van der Waals surface area contributed by atoms with Crippen LogP contribution in [0, 0.1) is 21.4 Å². The largest absolute Gasteiger partial charge is 0.494 e. The van der Waals surface area contributed by atoms with E-state index in [4.69, 9.17) is 21.6 Å². The van der Waals surface area contributed by atoms with Gasteiger partial charge in [0.1, 0.15) is 23.2 Å². The molecule has 1 amide bonds. The minimum atomic E-state index is -0.728. The quantitative estimate of drug-likeness (QED) is 0.344. The predicted molar refractivity (Wildman–Crippen MR) is 94.8 cm³/mol. The zero-order valence-electron chi connectivity index (χ0n) is 13.4. The number of nitro benzene ring substituents is 1. The number of nitrogens with zero attached hydrogens (tertiary/aromatic N) is 3. The van der Waals surface area contributed by atoms with E-state index in [9.17, 15) is 14.9 Å². The van der Waals surface area contributed by atoms with Crippen LogP contribution in [0.3, 0.4) is 0 Å². The standard InChI is InChI=1S/C16H12ClN5O4/c1-26-14-7-12(22(24)25)2-3-13(14)21-16(23)10(8-18)9-20-15-6-11(17)4-5-19-15/h2-7,9H,1H3,(H,19,20)(H,21,23)/b10-9-. The number of carbonyl (C=O) groups excluding carboxylic acids is 1. The molecule has 2 rings (SSSR count). The summed E-state index contributed by atoms with van der Waals surface area (Å²) in [5.74, 6) is -0.283. The van der Waals surface area contributed by atoms with Gasteiger partial charge in [0, 0.05) is 23.5 Å². The van der Waals surface area contributed by atoms with Crippen LogP contribution in [0.1, 0.15) is 0 Å². The Morgan fingerprint density at radius 3 is 2.81 bits per heavy atom. The Morgan fingerprint density at radius 2 is 2.19 bits per heavy atom. The smallest absolute Gasteiger partial charge is 0.273 e. The average Bonchev–Trinajstić information content (AvgIpc) is 2.62. The molecule has 0 aliphatic rings. The maximum absolute atomic E-state index is 12.2. The summed E-state index contributed by atoms with van der Waals surface area (Å²) in [7, 11) is 1.31. The summed E-state index contributed by atoms with van der Waals surface area (Å²) in [5, 5.41) is 25.5. The summed E-state index contributed by atoms with van der Waals surface area (Å²) in [4.78, 5) is 26.4. The van der Waals surface area contributed by atoms with Crippen molar-refractivity contribution in [1.82, 2.24) is 4.98 Å². The molecule has 1 heterocycles. The van der Waals surface area contributed by atoms with E-state index in [1.54, 1.807) is 12.1 Å². The SMILES string of the molecule is COc1cc([N+](=O)[O-])ccc1NC(=O)/C(C#N)=C\Nc1cc(Cl)ccn1. The van der Waals surface area contributed by atoms with Gasteiger partial charge in [-0.1, -0.05) is 11.6 Å². The molecular formula is C16H12ClN5O4. The lowest BCUT2D eigenvalue weighted by molar-refractivity contribution is -0.384. The second-order valence-corrected chi connectivity index (χ2v) is 5.21. The molecule has 2 aromatic rings. The van der Waals surface area contributed by atoms with Crippen LogP contribution in [-0.4, -0.2) is 22.9 Å². The molecule has 0 unspecified atom stereocenters. The number of non-ortho nitro benzene ring substituents is 1. The molecule has 0 aliphatic heterocycles. The summed E-state index contributed by atoms with van der Waals surface area (Å²) in [6.45, 7) is 0. The van der Waals surface area contributed by atoms with E-state index in [2.05, 4.69) is 15.6 Å². The fourth-order valence-corrected chi connectivity index (χ4v) is 2.02. The van der Waals surface area contributed by atoms with Crippen molar-refractivity contribution in [2.75, 3.05) is 17.7 Å². The molecule has 0 saturated heterocycles. The van der Waals surface area contributed by atoms with Crippen LogP contribution in [0.4, 0.5) is 17.2 Å². The molecule has 10 heteroatoms. The molecule has 0 bridgehead atoms. The molecule has 0 fully saturated rings. The highest BCUT2D eigenvalue weighted by molar-refractivity contribution is 6.30. The molecule has 0 aliphatic carbocycles. The number of nitro groups is 1. The van der Waals surface area contributed by atoms with E-state index < -0.39 is 10.8 Å². The van der Waals surface area contributed by atoms with Gasteiger partial charge in [-0.3, -0.25) is 14.9 Å². The molecule has 2 N–H and O–H groups in total. The van der Waals surface area contributed by atoms with Crippen LogP contribution in [0.25, 0.3) is 0 Å². The topological polar surface area (TPSA) is 130 Å². The molecule has 9 nitrogen and oxygen atoms in total. The van der Waals surface area contributed by atoms with Crippen molar-refractivity contribution in [3.8, 4) is 11.8 Å². The predicted octanol–water partition coefficient (Wildman–Crippen LogP) is 3.11. The van der Waals surface area contributed by atoms with Crippen LogP contribution in [0.2, 0.25) is 5.02 Å². The van der Waals surface area contributed by atoms with E-state index in [1.165, 1.54) is 43.8 Å². The Bertz CT molecular complexity index is 923. The number of carbonyl (C=O) groups is 1. The summed E-state index contributed by atoms with van der Waals surface area (Å²) < 4.78 is 5.03. The lowest BCUT2D eigenvalue weighted by atomic mass is 10.2. The molecular weight excluding hydrogens is 362 g/mol. The highest BCUT2D eigenvalue weighted by Crippen LogP contribution is 2.29. The van der Waals surface area contributed by atoms with Gasteiger partial charge in [0.25, 0.3) is 11.6 Å². The van der Waals surface area contributed by atoms with E-state index in [-0.39, 0.29) is 22.7 Å². The fourth-order valence-electron chi connectivity index (χ4n) is 1.86. The molecule has 1 aromatic carbocycles. The van der Waals surface area contributed by atoms with Crippen molar-refractivity contribution < 1.29 is 14.5 Å². The first-order chi connectivity index (χ1) is 12.4. The van der Waals surface area contributed by atoms with E-state index in [0.717, 1.165) is 0 Å². The maximum atomic E-state index is 12.2. The Morgan fingerprint density at radius 1 is 1.42 bits per heavy atom. The van der Waals surface area contributed by atoms with Crippen LogP contribution >= 0.6 is 11.6 Å². The Balaban J connectivity index is 2.18. The van der Waals surface area contributed by atoms with Gasteiger partial charge in [-0.2, -0.15) is 5.26 Å². The number of methoxy groups -OCH3 is 1. The van der Waals surface area contributed by atoms with Crippen LogP contribution in [0.15, 0.2) is 48.3 Å². The molecule has 0 spiro atoms. The van der Waals surface area contributed by atoms with Gasteiger partial charge in [-0.05, 0) is 18.2 Å². The number of aromatic nitrogens is 1. The lowest BCUT2D eigenvalue weighted by Crippen LogP contribution is -2.15. The number of benzene rings is 1. The number of halogens is 1. The molecule has 0 radical (unpaired) electrons. The summed E-state index contributed by atoms with van der Waals surface area (Å²) in [5.41, 5.74) is -0.248. The third kappa shape index (κ3) is 4.68. The Kier molecular flexibility index (Phi) is 6.08. The zero-order chi connectivity index (χ0) is 19.1. The lowest BCUT2D eigenvalue weighted by Gasteiger charge is -2.09. The van der Waals surface area contributed by atoms with Gasteiger partial charge in [0.05, 0.1) is 23.8 Å². The third-order valence-electron chi connectivity index (χ3n) is 3.10. The van der Waals surface area contributed by atoms with Gasteiger partial charge in [-0.15, -0.1) is 0 Å². The summed E-state index contributed by atoms with van der Waals surface area (Å²) in [6.07, 6.45) is 2.64. The van der Waals surface area contributed by atoms with Gasteiger partial charge in [0.2, 0.25) is 0 Å². The zero-order valence-corrected chi connectivity index (χ0v) is 14.1. The monoisotopic (exact) mass is 373 g/mol. The summed E-state index contributed by atoms with van der Waals surface area (Å²) in [6, 6.07) is 8.54. The Hall–Kier alpha value is -3.64. The van der Waals surface area contributed by atoms with E-state index in [0.29, 0.717) is 10.8 Å². The van der Waals surface area contributed by atoms with Crippen molar-refractivity contribution in [3.63, 3.8) is 0 Å². The minimum absolute atomic E-state index is 0.0920. The fraction of sp³-hybridized carbons (Fsp3) is 0.0625. The second-order valence-electron chi connectivity index (χ2n) is 4.77. The number of hydrogen-bond acceptors (Lipinski definition) is 7. The van der Waals surface area contributed by atoms with Gasteiger partial charge in [-0.25, -0.2) is 4.98 Å². The molecule has 26 heavy (non-hydrogen) atoms. The molecule has 0 atom stereocenters. The maximum Gasteiger partial charge on any atom is 0.273 e.